The van der Waals surface area contributed by atoms with Crippen molar-refractivity contribution in [3.05, 3.63) is 54.6 Å². The molecule has 0 saturated carbocycles. The largest absolute Gasteiger partial charge is 0.318 e. The average molecular weight is 228 g/mol. The zero-order chi connectivity index (χ0) is 11.2. The second-order valence-electron chi connectivity index (χ2n) is 3.17. The minimum absolute atomic E-state index is 0.757. The normalized spacial score (nSPS) is 9.75. The highest BCUT2D eigenvalue weighted by Gasteiger charge is 1.96. The highest BCUT2D eigenvalue weighted by molar-refractivity contribution is 7.99. The van der Waals surface area contributed by atoms with Gasteiger partial charge in [-0.15, -0.1) is 0 Å². The van der Waals surface area contributed by atoms with E-state index in [1.165, 1.54) is 4.90 Å². The Morgan fingerprint density at radius 3 is 2.12 bits per heavy atom. The van der Waals surface area contributed by atoms with Crippen molar-refractivity contribution in [3.63, 3.8) is 0 Å². The van der Waals surface area contributed by atoms with Crippen LogP contribution in [0.15, 0.2) is 64.4 Å². The topological polar surface area (TPSA) is 29.1 Å². The van der Waals surface area contributed by atoms with Gasteiger partial charge in [-0.2, -0.15) is 0 Å². The Labute approximate surface area is 98.7 Å². The van der Waals surface area contributed by atoms with E-state index in [-0.39, 0.29) is 0 Å². The van der Waals surface area contributed by atoms with E-state index in [2.05, 4.69) is 17.4 Å². The predicted octanol–water partition coefficient (Wildman–Crippen LogP) is 3.32. The molecule has 0 saturated heterocycles. The quantitative estimate of drug-likeness (QED) is 0.813. The van der Waals surface area contributed by atoms with Crippen LogP contribution in [0.5, 0.6) is 0 Å². The van der Waals surface area contributed by atoms with E-state index in [0.29, 0.717) is 0 Å². The van der Waals surface area contributed by atoms with Gasteiger partial charge in [0.25, 0.3) is 0 Å². The fraction of sp³-hybridized carbons (Fsp3) is 0. The molecule has 79 valence electrons. The molecule has 0 spiro atoms. The van der Waals surface area contributed by atoms with Gasteiger partial charge in [0.1, 0.15) is 0 Å². The van der Waals surface area contributed by atoms with Gasteiger partial charge in [-0.25, -0.2) is 0 Å². The van der Waals surface area contributed by atoms with Crippen molar-refractivity contribution in [2.45, 2.75) is 9.79 Å². The lowest BCUT2D eigenvalue weighted by Gasteiger charge is -2.02. The summed E-state index contributed by atoms with van der Waals surface area (Å²) in [6, 6.07) is 17.8. The zero-order valence-electron chi connectivity index (χ0n) is 8.51. The Balaban J connectivity index is 2.08. The van der Waals surface area contributed by atoms with E-state index >= 15 is 0 Å². The fourth-order valence-electron chi connectivity index (χ4n) is 1.29. The van der Waals surface area contributed by atoms with Crippen LogP contribution in [0.2, 0.25) is 0 Å². The number of amides is 1. The smallest absolute Gasteiger partial charge is 0.314 e. The molecule has 1 radical (unpaired) electrons. The summed E-state index contributed by atoms with van der Waals surface area (Å²) >= 11 is 1.69. The second kappa shape index (κ2) is 5.37. The number of rotatable bonds is 4. The molecule has 2 aromatic rings. The van der Waals surface area contributed by atoms with E-state index in [4.69, 9.17) is 0 Å². The van der Waals surface area contributed by atoms with Crippen molar-refractivity contribution in [2.24, 2.45) is 0 Å². The van der Waals surface area contributed by atoms with Crippen molar-refractivity contribution < 1.29 is 4.79 Å². The first kappa shape index (κ1) is 10.8. The van der Waals surface area contributed by atoms with Gasteiger partial charge in [-0.05, 0) is 36.4 Å². The third-order valence-electron chi connectivity index (χ3n) is 2.03. The van der Waals surface area contributed by atoms with Crippen LogP contribution in [0.3, 0.4) is 0 Å². The summed E-state index contributed by atoms with van der Waals surface area (Å²) < 4.78 is 0. The summed E-state index contributed by atoms with van der Waals surface area (Å²) in [5.74, 6) is 0. The molecule has 16 heavy (non-hydrogen) atoms. The number of benzene rings is 2. The summed E-state index contributed by atoms with van der Waals surface area (Å²) in [4.78, 5) is 12.4. The molecular weight excluding hydrogens is 218 g/mol. The van der Waals surface area contributed by atoms with Crippen molar-refractivity contribution in [1.29, 1.82) is 0 Å². The summed E-state index contributed by atoms with van der Waals surface area (Å²) in [6.45, 7) is 0. The summed E-state index contributed by atoms with van der Waals surface area (Å²) in [5, 5.41) is 2.48. The number of nitrogens with one attached hydrogen (secondary N) is 1. The maximum absolute atomic E-state index is 10.1. The zero-order valence-corrected chi connectivity index (χ0v) is 9.33. The van der Waals surface area contributed by atoms with Crippen LogP contribution in [-0.2, 0) is 4.79 Å². The van der Waals surface area contributed by atoms with Crippen LogP contribution >= 0.6 is 11.8 Å². The molecule has 3 heteroatoms. The summed E-state index contributed by atoms with van der Waals surface area (Å²) in [7, 11) is 0. The Hall–Kier alpha value is -1.74. The van der Waals surface area contributed by atoms with E-state index in [9.17, 15) is 4.79 Å². The molecule has 0 aliphatic heterocycles. The van der Waals surface area contributed by atoms with Crippen molar-refractivity contribution in [3.8, 4) is 0 Å². The third kappa shape index (κ3) is 2.87. The third-order valence-corrected chi connectivity index (χ3v) is 3.04. The van der Waals surface area contributed by atoms with E-state index in [1.54, 1.807) is 18.2 Å². The highest BCUT2D eigenvalue weighted by Crippen LogP contribution is 2.27. The maximum atomic E-state index is 10.1. The van der Waals surface area contributed by atoms with Gasteiger partial charge in [0.15, 0.2) is 0 Å². The van der Waals surface area contributed by atoms with Crippen LogP contribution in [0, 0.1) is 0 Å². The minimum Gasteiger partial charge on any atom is -0.318 e. The molecule has 0 aliphatic carbocycles. The van der Waals surface area contributed by atoms with Crippen LogP contribution < -0.4 is 5.32 Å². The van der Waals surface area contributed by atoms with Crippen molar-refractivity contribution in [2.75, 3.05) is 5.32 Å². The number of hydrogen-bond donors (Lipinski definition) is 1. The first-order chi connectivity index (χ1) is 7.88. The van der Waals surface area contributed by atoms with Gasteiger partial charge in [0.2, 0.25) is 0 Å². The molecule has 0 heterocycles. The average Bonchev–Trinajstić information content (AvgIpc) is 2.33. The lowest BCUT2D eigenvalue weighted by atomic mass is 10.3. The SMILES string of the molecule is O=[C]Nc1ccc(Sc2ccccc2)cc1. The minimum atomic E-state index is 0.757. The Kier molecular flexibility index (Phi) is 3.62. The number of hydrogen-bond acceptors (Lipinski definition) is 2. The van der Waals surface area contributed by atoms with Crippen LogP contribution in [0.4, 0.5) is 5.69 Å². The van der Waals surface area contributed by atoms with Crippen molar-refractivity contribution >= 4 is 23.9 Å². The first-order valence-electron chi connectivity index (χ1n) is 4.84. The molecular formula is C13H10NOS. The molecule has 0 bridgehead atoms. The molecule has 1 amide bonds. The van der Waals surface area contributed by atoms with Gasteiger partial charge < -0.3 is 5.32 Å². The fourth-order valence-corrected chi connectivity index (χ4v) is 2.13. The molecule has 1 N–H and O–H groups in total. The van der Waals surface area contributed by atoms with Crippen LogP contribution in [0.25, 0.3) is 0 Å². The van der Waals surface area contributed by atoms with E-state index in [0.717, 1.165) is 10.6 Å². The Bertz CT molecular complexity index is 453. The molecule has 2 nitrogen and oxygen atoms in total. The van der Waals surface area contributed by atoms with Gasteiger partial charge >= 0.3 is 6.41 Å². The van der Waals surface area contributed by atoms with Crippen LogP contribution in [-0.4, -0.2) is 6.41 Å². The molecule has 0 atom stereocenters. The molecule has 0 aliphatic rings. The van der Waals surface area contributed by atoms with Crippen molar-refractivity contribution in [1.82, 2.24) is 0 Å². The lowest BCUT2D eigenvalue weighted by molar-refractivity contribution is 0.561. The maximum Gasteiger partial charge on any atom is 0.314 e. The summed E-state index contributed by atoms with van der Waals surface area (Å²) in [5.41, 5.74) is 0.757. The predicted molar refractivity (Wildman–Crippen MR) is 66.3 cm³/mol. The Morgan fingerprint density at radius 1 is 0.875 bits per heavy atom. The summed E-state index contributed by atoms with van der Waals surface area (Å²) in [6.07, 6.45) is 1.65. The molecule has 2 aromatic carbocycles. The highest BCUT2D eigenvalue weighted by atomic mass is 32.2. The van der Waals surface area contributed by atoms with E-state index < -0.39 is 0 Å². The molecule has 0 aromatic heterocycles. The van der Waals surface area contributed by atoms with Gasteiger partial charge in [-0.3, -0.25) is 4.79 Å². The van der Waals surface area contributed by atoms with Crippen LogP contribution in [0.1, 0.15) is 0 Å². The standard InChI is InChI=1S/C13H10NOS/c15-10-14-11-6-8-13(9-7-11)16-12-4-2-1-3-5-12/h1-9H,(H,14,15). The monoisotopic (exact) mass is 228 g/mol. The van der Waals surface area contributed by atoms with Gasteiger partial charge in [-0.1, -0.05) is 30.0 Å². The second-order valence-corrected chi connectivity index (χ2v) is 4.31. The van der Waals surface area contributed by atoms with Gasteiger partial charge in [0, 0.05) is 15.5 Å². The number of anilines is 1. The first-order valence-corrected chi connectivity index (χ1v) is 5.66. The molecule has 0 fully saturated rings. The molecule has 2 rings (SSSR count). The van der Waals surface area contributed by atoms with E-state index in [1.807, 2.05) is 42.5 Å². The number of carbonyl (C=O) groups excluding carboxylic acids is 1. The van der Waals surface area contributed by atoms with Gasteiger partial charge in [0.05, 0.1) is 0 Å². The lowest BCUT2D eigenvalue weighted by Crippen LogP contribution is -1.92. The Morgan fingerprint density at radius 2 is 1.50 bits per heavy atom. The molecule has 0 unspecified atom stereocenters.